The Morgan fingerprint density at radius 3 is 2.31 bits per heavy atom. The van der Waals surface area contributed by atoms with Crippen LogP contribution in [0.25, 0.3) is 0 Å². The molecule has 1 aromatic carbocycles. The molecule has 0 radical (unpaired) electrons. The van der Waals surface area contributed by atoms with Crippen LogP contribution >= 0.6 is 0 Å². The fourth-order valence-electron chi connectivity index (χ4n) is 1.47. The lowest BCUT2D eigenvalue weighted by Crippen LogP contribution is -2.09. The third-order valence-corrected chi connectivity index (χ3v) is 2.06. The third-order valence-electron chi connectivity index (χ3n) is 2.06. The first-order chi connectivity index (χ1) is 7.38. The van der Waals surface area contributed by atoms with Gasteiger partial charge in [-0.25, -0.2) is 0 Å². The fourth-order valence-corrected chi connectivity index (χ4v) is 1.47. The van der Waals surface area contributed by atoms with Gasteiger partial charge in [-0.2, -0.15) is 0 Å². The molecule has 0 saturated carbocycles. The molecule has 0 spiro atoms. The molecule has 0 unspecified atom stereocenters. The molecule has 1 rings (SSSR count). The number of hydrogen-bond donors (Lipinski definition) is 0. The highest BCUT2D eigenvalue weighted by atomic mass is 16.6. The van der Waals surface area contributed by atoms with Gasteiger partial charge < -0.3 is 0 Å². The maximum atomic E-state index is 10.9. The molecule has 0 aliphatic heterocycles. The van der Waals surface area contributed by atoms with Gasteiger partial charge in [0.05, 0.1) is 11.3 Å². The van der Waals surface area contributed by atoms with Crippen molar-refractivity contribution in [3.8, 4) is 0 Å². The van der Waals surface area contributed by atoms with E-state index in [1.54, 1.807) is 6.08 Å². The van der Waals surface area contributed by atoms with Gasteiger partial charge in [-0.3, -0.25) is 10.1 Å². The Kier molecular flexibility index (Phi) is 3.82. The van der Waals surface area contributed by atoms with Crippen molar-refractivity contribution in [2.24, 2.45) is 5.41 Å². The summed E-state index contributed by atoms with van der Waals surface area (Å²) in [5.74, 6) is 0. The lowest BCUT2D eigenvalue weighted by molar-refractivity contribution is -0.427. The normalized spacial score (nSPS) is 12.6. The summed E-state index contributed by atoms with van der Waals surface area (Å²) in [4.78, 5) is 10.6. The topological polar surface area (TPSA) is 43.1 Å². The predicted octanol–water partition coefficient (Wildman–Crippen LogP) is 3.44. The van der Waals surface area contributed by atoms with Gasteiger partial charge in [-0.15, -0.1) is 0 Å². The molecule has 1 aromatic rings. The van der Waals surface area contributed by atoms with Crippen LogP contribution in [-0.4, -0.2) is 4.92 Å². The van der Waals surface area contributed by atoms with Gasteiger partial charge >= 0.3 is 0 Å². The van der Waals surface area contributed by atoms with Crippen molar-refractivity contribution in [1.29, 1.82) is 0 Å². The van der Waals surface area contributed by atoms with E-state index < -0.39 is 0 Å². The van der Waals surface area contributed by atoms with Crippen molar-refractivity contribution >= 4 is 0 Å². The van der Waals surface area contributed by atoms with Crippen LogP contribution in [0.1, 0.15) is 26.3 Å². The molecule has 0 atom stereocenters. The quantitative estimate of drug-likeness (QED) is 0.577. The molecule has 0 aliphatic carbocycles. The summed E-state index contributed by atoms with van der Waals surface area (Å²) in [5, 5.41) is 10.9. The van der Waals surface area contributed by atoms with E-state index in [9.17, 15) is 10.1 Å². The minimum atomic E-state index is -0.293. The van der Waals surface area contributed by atoms with E-state index in [2.05, 4.69) is 0 Å². The summed E-state index contributed by atoms with van der Waals surface area (Å²) in [6.45, 7) is 5.88. The highest BCUT2D eigenvalue weighted by molar-refractivity contribution is 5.20. The first-order valence-corrected chi connectivity index (χ1v) is 5.28. The first-order valence-electron chi connectivity index (χ1n) is 5.28. The van der Waals surface area contributed by atoms with Crippen molar-refractivity contribution in [2.45, 2.75) is 27.2 Å². The Hall–Kier alpha value is -1.64. The highest BCUT2D eigenvalue weighted by Gasteiger charge is 2.17. The second-order valence-electron chi connectivity index (χ2n) is 4.92. The van der Waals surface area contributed by atoms with E-state index in [4.69, 9.17) is 0 Å². The number of rotatable bonds is 3. The summed E-state index contributed by atoms with van der Waals surface area (Å²) in [6.07, 6.45) is 2.10. The van der Waals surface area contributed by atoms with Crippen LogP contribution in [0.3, 0.4) is 0 Å². The van der Waals surface area contributed by atoms with Crippen molar-refractivity contribution < 1.29 is 4.92 Å². The summed E-state index contributed by atoms with van der Waals surface area (Å²) in [6, 6.07) is 9.50. The number of nitro groups is 1. The molecule has 0 amide bonds. The standard InChI is InChI=1S/C13H17NO2/c1-13(2,3)10-12(14(15)16)9-11-7-5-4-6-8-11/h4-8,10H,9H2,1-3H3. The Bertz CT molecular complexity index is 388. The van der Waals surface area contributed by atoms with E-state index in [1.807, 2.05) is 51.1 Å². The van der Waals surface area contributed by atoms with E-state index >= 15 is 0 Å². The largest absolute Gasteiger partial charge is 0.259 e. The van der Waals surface area contributed by atoms with Crippen molar-refractivity contribution in [2.75, 3.05) is 0 Å². The SMILES string of the molecule is CC(C)(C)C=C(Cc1ccccc1)[N+](=O)[O-]. The molecule has 3 heteroatoms. The Balaban J connectivity index is 2.90. The molecule has 0 aromatic heterocycles. The second-order valence-corrected chi connectivity index (χ2v) is 4.92. The van der Waals surface area contributed by atoms with Crippen LogP contribution in [-0.2, 0) is 6.42 Å². The minimum Gasteiger partial charge on any atom is -0.259 e. The van der Waals surface area contributed by atoms with Crippen LogP contribution < -0.4 is 0 Å². The molecule has 16 heavy (non-hydrogen) atoms. The zero-order valence-electron chi connectivity index (χ0n) is 9.93. The molecule has 3 nitrogen and oxygen atoms in total. The van der Waals surface area contributed by atoms with Gasteiger partial charge in [0.25, 0.3) is 0 Å². The lowest BCUT2D eigenvalue weighted by Gasteiger charge is -2.11. The Labute approximate surface area is 95.9 Å². The molecule has 0 fully saturated rings. The summed E-state index contributed by atoms with van der Waals surface area (Å²) in [7, 11) is 0. The van der Waals surface area contributed by atoms with Crippen LogP contribution in [0.15, 0.2) is 42.1 Å². The third kappa shape index (κ3) is 4.26. The number of hydrogen-bond acceptors (Lipinski definition) is 2. The number of allylic oxidation sites excluding steroid dienone is 2. The van der Waals surface area contributed by atoms with Crippen LogP contribution in [0, 0.1) is 15.5 Å². The van der Waals surface area contributed by atoms with Gasteiger partial charge in [0, 0.05) is 0 Å². The molecule has 0 saturated heterocycles. The average molecular weight is 219 g/mol. The van der Waals surface area contributed by atoms with Gasteiger partial charge in [0.2, 0.25) is 5.70 Å². The number of benzene rings is 1. The summed E-state index contributed by atoms with van der Waals surface area (Å²) in [5.41, 5.74) is 1.06. The average Bonchev–Trinajstić information content (AvgIpc) is 2.16. The highest BCUT2D eigenvalue weighted by Crippen LogP contribution is 2.20. The lowest BCUT2D eigenvalue weighted by atomic mass is 9.94. The molecule has 0 heterocycles. The van der Waals surface area contributed by atoms with E-state index in [1.165, 1.54) is 0 Å². The van der Waals surface area contributed by atoms with E-state index in [-0.39, 0.29) is 16.0 Å². The zero-order valence-corrected chi connectivity index (χ0v) is 9.93. The molecule has 0 aliphatic rings. The Morgan fingerprint density at radius 2 is 1.88 bits per heavy atom. The molecule has 86 valence electrons. The smallest absolute Gasteiger partial charge is 0.247 e. The summed E-state index contributed by atoms with van der Waals surface area (Å²) >= 11 is 0. The van der Waals surface area contributed by atoms with Crippen LogP contribution in [0.5, 0.6) is 0 Å². The molecular weight excluding hydrogens is 202 g/mol. The molecule has 0 bridgehead atoms. The fraction of sp³-hybridized carbons (Fsp3) is 0.385. The van der Waals surface area contributed by atoms with Crippen molar-refractivity contribution in [1.82, 2.24) is 0 Å². The minimum absolute atomic E-state index is 0.169. The zero-order chi connectivity index (χ0) is 12.2. The maximum Gasteiger partial charge on any atom is 0.247 e. The van der Waals surface area contributed by atoms with E-state index in [0.29, 0.717) is 6.42 Å². The van der Waals surface area contributed by atoms with Crippen molar-refractivity contribution in [3.05, 3.63) is 57.8 Å². The van der Waals surface area contributed by atoms with Gasteiger partial charge in [-0.05, 0) is 17.1 Å². The van der Waals surface area contributed by atoms with Crippen LogP contribution in [0.4, 0.5) is 0 Å². The Morgan fingerprint density at radius 1 is 1.31 bits per heavy atom. The van der Waals surface area contributed by atoms with E-state index in [0.717, 1.165) is 5.56 Å². The monoisotopic (exact) mass is 219 g/mol. The van der Waals surface area contributed by atoms with Crippen LogP contribution in [0.2, 0.25) is 0 Å². The predicted molar refractivity (Wildman–Crippen MR) is 64.7 cm³/mol. The number of nitrogens with zero attached hydrogens (tertiary/aromatic N) is 1. The van der Waals surface area contributed by atoms with Gasteiger partial charge in [0.15, 0.2) is 0 Å². The van der Waals surface area contributed by atoms with Gasteiger partial charge in [-0.1, -0.05) is 51.1 Å². The molecule has 0 N–H and O–H groups in total. The molecular formula is C13H17NO2. The first kappa shape index (κ1) is 12.4. The van der Waals surface area contributed by atoms with Gasteiger partial charge in [0.1, 0.15) is 0 Å². The maximum absolute atomic E-state index is 10.9. The second kappa shape index (κ2) is 4.92. The van der Waals surface area contributed by atoms with Crippen molar-refractivity contribution in [3.63, 3.8) is 0 Å². The summed E-state index contributed by atoms with van der Waals surface area (Å²) < 4.78 is 0.